The Morgan fingerprint density at radius 3 is 2.79 bits per heavy atom. The maximum atomic E-state index is 13.2. The summed E-state index contributed by atoms with van der Waals surface area (Å²) >= 11 is 0. The van der Waals surface area contributed by atoms with Crippen molar-refractivity contribution in [3.63, 3.8) is 0 Å². The molecule has 0 saturated carbocycles. The number of benzene rings is 1. The smallest absolute Gasteiger partial charge is 0.312 e. The molecule has 8 nitrogen and oxygen atoms in total. The maximum Gasteiger partial charge on any atom is 0.312 e. The second-order valence-electron chi connectivity index (χ2n) is 7.63. The highest BCUT2D eigenvalue weighted by Crippen LogP contribution is 2.56. The van der Waals surface area contributed by atoms with Crippen LogP contribution in [0.3, 0.4) is 0 Å². The minimum atomic E-state index is -1.31. The van der Waals surface area contributed by atoms with E-state index in [9.17, 15) is 14.4 Å². The molecule has 4 rings (SSSR count). The number of nitrogens with zero attached hydrogens (tertiary/aromatic N) is 2. The first kappa shape index (κ1) is 18.6. The molecule has 2 saturated heterocycles. The standard InChI is InChI=1S/C20H24N2O6/c1-5-27-18(24)16-13-10-28-14-8-11(26-4)6-7-12(14)17(13)22-15(23)9-21(3)19(25)20(16,22)2/h6-8,13,16-17H,5,9-10H2,1-4H3/t13?,16?,17?,20-/m1/s1. The van der Waals surface area contributed by atoms with Crippen LogP contribution in [-0.2, 0) is 19.1 Å². The number of methoxy groups -OCH3 is 1. The summed E-state index contributed by atoms with van der Waals surface area (Å²) in [7, 11) is 3.15. The second kappa shape index (κ2) is 6.39. The monoisotopic (exact) mass is 388 g/mol. The number of ether oxygens (including phenoxy) is 3. The summed E-state index contributed by atoms with van der Waals surface area (Å²) in [6.45, 7) is 3.80. The normalized spacial score (nSPS) is 30.9. The highest BCUT2D eigenvalue weighted by molar-refractivity contribution is 6.02. The molecule has 1 aromatic rings. The predicted molar refractivity (Wildman–Crippen MR) is 97.7 cm³/mol. The van der Waals surface area contributed by atoms with E-state index >= 15 is 0 Å². The summed E-state index contributed by atoms with van der Waals surface area (Å²) in [6, 6.07) is 4.97. The molecule has 0 radical (unpaired) electrons. The lowest BCUT2D eigenvalue weighted by Crippen LogP contribution is -2.66. The Balaban J connectivity index is 1.88. The molecule has 3 aliphatic heterocycles. The molecular formula is C20H24N2O6. The zero-order valence-electron chi connectivity index (χ0n) is 16.4. The van der Waals surface area contributed by atoms with Gasteiger partial charge in [0.15, 0.2) is 0 Å². The van der Waals surface area contributed by atoms with Gasteiger partial charge in [0.1, 0.15) is 17.0 Å². The first-order chi connectivity index (χ1) is 13.3. The van der Waals surface area contributed by atoms with Gasteiger partial charge in [-0.05, 0) is 26.0 Å². The third kappa shape index (κ3) is 2.33. The number of hydrogen-bond donors (Lipinski definition) is 0. The Morgan fingerprint density at radius 2 is 2.11 bits per heavy atom. The van der Waals surface area contributed by atoms with E-state index in [-0.39, 0.29) is 37.5 Å². The minimum absolute atomic E-state index is 0.0144. The number of fused-ring (bicyclic) bond motifs is 5. The Hall–Kier alpha value is -2.77. The third-order valence-electron chi connectivity index (χ3n) is 6.15. The maximum absolute atomic E-state index is 13.2. The fraction of sp³-hybridized carbons (Fsp3) is 0.550. The van der Waals surface area contributed by atoms with Gasteiger partial charge in [-0.25, -0.2) is 0 Å². The first-order valence-corrected chi connectivity index (χ1v) is 9.39. The van der Waals surface area contributed by atoms with Crippen molar-refractivity contribution in [1.82, 2.24) is 9.80 Å². The SMILES string of the molecule is CCOC(=O)C1C2COc3cc(OC)ccc3C2N2C(=O)CN(C)C(=O)[C@@]12C. The number of carbonyl (C=O) groups is 3. The van der Waals surface area contributed by atoms with Crippen LogP contribution in [0.1, 0.15) is 25.5 Å². The van der Waals surface area contributed by atoms with E-state index in [1.165, 1.54) is 4.90 Å². The van der Waals surface area contributed by atoms with Crippen molar-refractivity contribution in [2.24, 2.45) is 11.8 Å². The van der Waals surface area contributed by atoms with Crippen molar-refractivity contribution < 1.29 is 28.6 Å². The van der Waals surface area contributed by atoms with E-state index < -0.39 is 23.5 Å². The highest BCUT2D eigenvalue weighted by atomic mass is 16.5. The van der Waals surface area contributed by atoms with Crippen molar-refractivity contribution in [2.45, 2.75) is 25.4 Å². The number of likely N-dealkylation sites (N-methyl/N-ethyl adjacent to an activating group) is 1. The molecule has 28 heavy (non-hydrogen) atoms. The average Bonchev–Trinajstić information content (AvgIpc) is 2.96. The molecule has 2 amide bonds. The number of amides is 2. The molecule has 4 atom stereocenters. The van der Waals surface area contributed by atoms with Gasteiger partial charge in [-0.1, -0.05) is 0 Å². The van der Waals surface area contributed by atoms with E-state index in [0.29, 0.717) is 11.5 Å². The average molecular weight is 388 g/mol. The number of rotatable bonds is 3. The Kier molecular flexibility index (Phi) is 4.24. The lowest BCUT2D eigenvalue weighted by molar-refractivity contribution is -0.169. The lowest BCUT2D eigenvalue weighted by atomic mass is 9.77. The van der Waals surface area contributed by atoms with Crippen LogP contribution in [0.5, 0.6) is 11.5 Å². The van der Waals surface area contributed by atoms with E-state index in [1.54, 1.807) is 45.0 Å². The van der Waals surface area contributed by atoms with Crippen molar-refractivity contribution in [3.8, 4) is 11.5 Å². The van der Waals surface area contributed by atoms with E-state index in [1.807, 2.05) is 6.07 Å². The molecule has 2 fully saturated rings. The topological polar surface area (TPSA) is 85.4 Å². The molecule has 0 spiro atoms. The Bertz CT molecular complexity index is 855. The van der Waals surface area contributed by atoms with Gasteiger partial charge in [0.2, 0.25) is 11.8 Å². The lowest BCUT2D eigenvalue weighted by Gasteiger charge is -2.45. The van der Waals surface area contributed by atoms with Gasteiger partial charge in [-0.15, -0.1) is 0 Å². The van der Waals surface area contributed by atoms with Crippen LogP contribution in [0.2, 0.25) is 0 Å². The van der Waals surface area contributed by atoms with Crippen LogP contribution in [0, 0.1) is 11.8 Å². The van der Waals surface area contributed by atoms with Gasteiger partial charge >= 0.3 is 5.97 Å². The summed E-state index contributed by atoms with van der Waals surface area (Å²) in [4.78, 5) is 42.2. The van der Waals surface area contributed by atoms with Gasteiger partial charge in [0.05, 0.1) is 38.8 Å². The molecular weight excluding hydrogens is 364 g/mol. The van der Waals surface area contributed by atoms with Crippen LogP contribution >= 0.6 is 0 Å². The molecule has 3 unspecified atom stereocenters. The second-order valence-corrected chi connectivity index (χ2v) is 7.63. The summed E-state index contributed by atoms with van der Waals surface area (Å²) in [5.41, 5.74) is -0.530. The van der Waals surface area contributed by atoms with Crippen LogP contribution in [-0.4, -0.2) is 67.0 Å². The fourth-order valence-corrected chi connectivity index (χ4v) is 5.01. The quantitative estimate of drug-likeness (QED) is 0.718. The molecule has 8 heteroatoms. The van der Waals surface area contributed by atoms with E-state index in [2.05, 4.69) is 0 Å². The Labute approximate surface area is 163 Å². The van der Waals surface area contributed by atoms with Gasteiger partial charge in [0, 0.05) is 24.6 Å². The van der Waals surface area contributed by atoms with E-state index in [4.69, 9.17) is 14.2 Å². The molecule has 3 aliphatic rings. The van der Waals surface area contributed by atoms with Crippen LogP contribution < -0.4 is 9.47 Å². The Morgan fingerprint density at radius 1 is 1.36 bits per heavy atom. The van der Waals surface area contributed by atoms with Crippen molar-refractivity contribution >= 4 is 17.8 Å². The number of carbonyl (C=O) groups excluding carboxylic acids is 3. The van der Waals surface area contributed by atoms with Crippen molar-refractivity contribution in [2.75, 3.05) is 33.9 Å². The zero-order valence-corrected chi connectivity index (χ0v) is 16.4. The van der Waals surface area contributed by atoms with Crippen LogP contribution in [0.25, 0.3) is 0 Å². The van der Waals surface area contributed by atoms with Crippen molar-refractivity contribution in [3.05, 3.63) is 23.8 Å². The summed E-state index contributed by atoms with van der Waals surface area (Å²) in [5, 5.41) is 0. The largest absolute Gasteiger partial charge is 0.497 e. The van der Waals surface area contributed by atoms with Gasteiger partial charge in [0.25, 0.3) is 0 Å². The van der Waals surface area contributed by atoms with Crippen molar-refractivity contribution in [1.29, 1.82) is 0 Å². The minimum Gasteiger partial charge on any atom is -0.497 e. The highest BCUT2D eigenvalue weighted by Gasteiger charge is 2.68. The predicted octanol–water partition coefficient (Wildman–Crippen LogP) is 0.997. The fourth-order valence-electron chi connectivity index (χ4n) is 5.01. The molecule has 0 N–H and O–H groups in total. The van der Waals surface area contributed by atoms with Crippen LogP contribution in [0.15, 0.2) is 18.2 Å². The summed E-state index contributed by atoms with van der Waals surface area (Å²) < 4.78 is 16.5. The first-order valence-electron chi connectivity index (χ1n) is 9.39. The molecule has 3 heterocycles. The molecule has 0 aromatic heterocycles. The third-order valence-corrected chi connectivity index (χ3v) is 6.15. The number of hydrogen-bond acceptors (Lipinski definition) is 6. The van der Waals surface area contributed by atoms with Crippen LogP contribution in [0.4, 0.5) is 0 Å². The van der Waals surface area contributed by atoms with E-state index in [0.717, 1.165) is 5.56 Å². The molecule has 1 aromatic carbocycles. The molecule has 150 valence electrons. The summed E-state index contributed by atoms with van der Waals surface area (Å²) in [6.07, 6.45) is 0. The zero-order chi connectivity index (χ0) is 20.2. The number of esters is 1. The summed E-state index contributed by atoms with van der Waals surface area (Å²) in [5.74, 6) is -0.840. The van der Waals surface area contributed by atoms with Gasteiger partial charge < -0.3 is 24.0 Å². The molecule has 0 aliphatic carbocycles. The number of piperazine rings is 1. The van der Waals surface area contributed by atoms with Gasteiger partial charge in [-0.3, -0.25) is 14.4 Å². The van der Waals surface area contributed by atoms with Gasteiger partial charge in [-0.2, -0.15) is 0 Å². The molecule has 0 bridgehead atoms.